The average Bonchev–Trinajstić information content (AvgIpc) is 3.11. The third-order valence-electron chi connectivity index (χ3n) is 4.88. The third-order valence-corrected chi connectivity index (χ3v) is 4.88. The summed E-state index contributed by atoms with van der Waals surface area (Å²) in [5, 5.41) is 20.5. The lowest BCUT2D eigenvalue weighted by Crippen LogP contribution is -2.15. The van der Waals surface area contributed by atoms with Gasteiger partial charge in [-0.05, 0) is 61.4 Å². The number of aromatic nitrogens is 1. The molecule has 0 radical (unpaired) electrons. The molecule has 0 amide bonds. The Hall–Kier alpha value is -2.47. The van der Waals surface area contributed by atoms with E-state index in [1.807, 2.05) is 27.7 Å². The van der Waals surface area contributed by atoms with Crippen molar-refractivity contribution in [1.29, 1.82) is 0 Å². The molecule has 0 bridgehead atoms. The lowest BCUT2D eigenvalue weighted by Gasteiger charge is -2.19. The Balaban J connectivity index is 2.43. The van der Waals surface area contributed by atoms with Gasteiger partial charge in [-0.15, -0.1) is 0 Å². The number of aliphatic hydroxyl groups is 2. The first-order chi connectivity index (χ1) is 13.3. The summed E-state index contributed by atoms with van der Waals surface area (Å²) in [4.78, 5) is 16.9. The second kappa shape index (κ2) is 8.49. The van der Waals surface area contributed by atoms with Crippen molar-refractivity contribution in [3.8, 4) is 0 Å². The summed E-state index contributed by atoms with van der Waals surface area (Å²) in [5.74, 6) is -0.889. The van der Waals surface area contributed by atoms with Crippen LogP contribution in [0.3, 0.4) is 0 Å². The molecular formula is C23H30FNO4. The SMILES string of the molecule is C/C(=C(/O)C(=O)Cc1c(C(C)C)cc(F)cc1C(C)C)c1cnc(C(C)(C)O)o1. The summed E-state index contributed by atoms with van der Waals surface area (Å²) in [6.45, 7) is 12.4. The van der Waals surface area contributed by atoms with Crippen molar-refractivity contribution in [1.82, 2.24) is 4.98 Å². The zero-order valence-electron chi connectivity index (χ0n) is 18.1. The fourth-order valence-corrected chi connectivity index (χ4v) is 3.21. The van der Waals surface area contributed by atoms with Gasteiger partial charge in [-0.1, -0.05) is 27.7 Å². The van der Waals surface area contributed by atoms with E-state index < -0.39 is 17.1 Å². The Morgan fingerprint density at radius 3 is 2.10 bits per heavy atom. The standard InChI is InChI=1S/C23H30FNO4/c1-12(2)16-8-15(24)9-17(13(3)4)18(16)10-19(26)21(27)14(5)20-11-25-22(29-20)23(6,7)28/h8-9,11-13,27-28H,10H2,1-7H3/b21-14-. The minimum absolute atomic E-state index is 0.0295. The van der Waals surface area contributed by atoms with Gasteiger partial charge in [0.25, 0.3) is 0 Å². The summed E-state index contributed by atoms with van der Waals surface area (Å²) in [6, 6.07) is 2.91. The molecule has 1 heterocycles. The summed E-state index contributed by atoms with van der Waals surface area (Å²) in [7, 11) is 0. The molecule has 0 atom stereocenters. The number of hydrogen-bond acceptors (Lipinski definition) is 5. The summed E-state index contributed by atoms with van der Waals surface area (Å²) >= 11 is 0. The number of nitrogens with zero attached hydrogens (tertiary/aromatic N) is 1. The molecule has 0 saturated heterocycles. The van der Waals surface area contributed by atoms with Crippen molar-refractivity contribution < 1.29 is 23.8 Å². The average molecular weight is 403 g/mol. The van der Waals surface area contributed by atoms with Crippen molar-refractivity contribution in [2.45, 2.75) is 72.3 Å². The summed E-state index contributed by atoms with van der Waals surface area (Å²) < 4.78 is 19.6. The number of aliphatic hydroxyl groups excluding tert-OH is 1. The molecular weight excluding hydrogens is 373 g/mol. The molecule has 2 aromatic rings. The number of hydrogen-bond donors (Lipinski definition) is 2. The maximum atomic E-state index is 14.1. The van der Waals surface area contributed by atoms with Crippen molar-refractivity contribution in [2.75, 3.05) is 0 Å². The van der Waals surface area contributed by atoms with Crippen molar-refractivity contribution in [3.63, 3.8) is 0 Å². The minimum Gasteiger partial charge on any atom is -0.504 e. The first-order valence-electron chi connectivity index (χ1n) is 9.77. The largest absolute Gasteiger partial charge is 0.504 e. The smallest absolute Gasteiger partial charge is 0.226 e. The maximum Gasteiger partial charge on any atom is 0.226 e. The van der Waals surface area contributed by atoms with E-state index in [2.05, 4.69) is 4.98 Å². The molecule has 0 saturated carbocycles. The van der Waals surface area contributed by atoms with Gasteiger partial charge in [0.1, 0.15) is 11.4 Å². The molecule has 6 heteroatoms. The van der Waals surface area contributed by atoms with Crippen LogP contribution in [0.1, 0.15) is 88.6 Å². The fraction of sp³-hybridized carbons (Fsp3) is 0.478. The predicted molar refractivity (Wildman–Crippen MR) is 110 cm³/mol. The first-order valence-corrected chi connectivity index (χ1v) is 9.77. The van der Waals surface area contributed by atoms with Gasteiger partial charge in [0.05, 0.1) is 6.20 Å². The minimum atomic E-state index is -1.27. The number of carbonyl (C=O) groups is 1. The molecule has 5 nitrogen and oxygen atoms in total. The normalized spacial score (nSPS) is 13.2. The zero-order chi connectivity index (χ0) is 22.1. The fourth-order valence-electron chi connectivity index (χ4n) is 3.21. The van der Waals surface area contributed by atoms with Crippen molar-refractivity contribution in [3.05, 3.63) is 58.2 Å². The molecule has 0 aliphatic rings. The van der Waals surface area contributed by atoms with E-state index in [-0.39, 0.29) is 41.3 Å². The molecule has 158 valence electrons. The van der Waals surface area contributed by atoms with E-state index in [1.165, 1.54) is 32.2 Å². The van der Waals surface area contributed by atoms with E-state index in [0.717, 1.165) is 16.7 Å². The van der Waals surface area contributed by atoms with Crippen LogP contribution < -0.4 is 0 Å². The van der Waals surface area contributed by atoms with Crippen LogP contribution in [0.5, 0.6) is 0 Å². The van der Waals surface area contributed by atoms with E-state index >= 15 is 0 Å². The Labute approximate surface area is 171 Å². The highest BCUT2D eigenvalue weighted by Gasteiger charge is 2.25. The highest BCUT2D eigenvalue weighted by atomic mass is 19.1. The van der Waals surface area contributed by atoms with Gasteiger partial charge in [0.15, 0.2) is 11.5 Å². The van der Waals surface area contributed by atoms with E-state index in [9.17, 15) is 19.4 Å². The number of Topliss-reactive ketones (excluding diaryl/α,β-unsaturated/α-hetero) is 1. The van der Waals surface area contributed by atoms with Crippen LogP contribution in [0, 0.1) is 5.82 Å². The van der Waals surface area contributed by atoms with Gasteiger partial charge >= 0.3 is 0 Å². The van der Waals surface area contributed by atoms with Crippen LogP contribution in [-0.2, 0) is 16.8 Å². The number of halogens is 1. The summed E-state index contributed by atoms with van der Waals surface area (Å²) in [5.41, 5.74) is 1.23. The lowest BCUT2D eigenvalue weighted by atomic mass is 9.85. The molecule has 1 aromatic heterocycles. The molecule has 0 spiro atoms. The Bertz CT molecular complexity index is 904. The van der Waals surface area contributed by atoms with Gasteiger partial charge in [-0.25, -0.2) is 9.37 Å². The number of allylic oxidation sites excluding steroid dienone is 2. The Kier molecular flexibility index (Phi) is 6.68. The molecule has 2 N–H and O–H groups in total. The Morgan fingerprint density at radius 2 is 1.69 bits per heavy atom. The van der Waals surface area contributed by atoms with Crippen LogP contribution in [0.15, 0.2) is 28.5 Å². The molecule has 0 unspecified atom stereocenters. The number of rotatable bonds is 7. The monoisotopic (exact) mass is 403 g/mol. The number of ketones is 1. The second-order valence-corrected chi connectivity index (χ2v) is 8.53. The second-order valence-electron chi connectivity index (χ2n) is 8.53. The number of benzene rings is 1. The van der Waals surface area contributed by atoms with Crippen molar-refractivity contribution >= 4 is 11.4 Å². The van der Waals surface area contributed by atoms with Gasteiger partial charge in [0, 0.05) is 12.0 Å². The van der Waals surface area contributed by atoms with Crippen LogP contribution >= 0.6 is 0 Å². The quantitative estimate of drug-likeness (QED) is 0.478. The van der Waals surface area contributed by atoms with Gasteiger partial charge in [-0.3, -0.25) is 4.79 Å². The van der Waals surface area contributed by atoms with Crippen LogP contribution in [0.4, 0.5) is 4.39 Å². The number of oxazole rings is 1. The first kappa shape index (κ1) is 22.8. The molecule has 29 heavy (non-hydrogen) atoms. The van der Waals surface area contributed by atoms with Crippen molar-refractivity contribution in [2.24, 2.45) is 0 Å². The van der Waals surface area contributed by atoms with Gasteiger partial charge < -0.3 is 14.6 Å². The highest BCUT2D eigenvalue weighted by molar-refractivity contribution is 6.00. The lowest BCUT2D eigenvalue weighted by molar-refractivity contribution is -0.117. The highest BCUT2D eigenvalue weighted by Crippen LogP contribution is 2.31. The molecule has 2 rings (SSSR count). The molecule has 1 aromatic carbocycles. The topological polar surface area (TPSA) is 83.6 Å². The number of carbonyl (C=O) groups excluding carboxylic acids is 1. The molecule has 0 aliphatic heterocycles. The predicted octanol–water partition coefficient (Wildman–Crippen LogP) is 5.39. The maximum absolute atomic E-state index is 14.1. The van der Waals surface area contributed by atoms with Gasteiger partial charge in [-0.2, -0.15) is 0 Å². The van der Waals surface area contributed by atoms with E-state index in [0.29, 0.717) is 0 Å². The van der Waals surface area contributed by atoms with Crippen LogP contribution in [0.2, 0.25) is 0 Å². The van der Waals surface area contributed by atoms with E-state index in [4.69, 9.17) is 4.42 Å². The van der Waals surface area contributed by atoms with Crippen LogP contribution in [-0.4, -0.2) is 21.0 Å². The third kappa shape index (κ3) is 5.12. The molecule has 0 aliphatic carbocycles. The van der Waals surface area contributed by atoms with E-state index in [1.54, 1.807) is 6.92 Å². The Morgan fingerprint density at radius 1 is 1.17 bits per heavy atom. The van der Waals surface area contributed by atoms with Gasteiger partial charge in [0.2, 0.25) is 11.7 Å². The zero-order valence-corrected chi connectivity index (χ0v) is 18.1. The molecule has 0 fully saturated rings. The summed E-state index contributed by atoms with van der Waals surface area (Å²) in [6.07, 6.45) is 1.32. The van der Waals surface area contributed by atoms with Crippen LogP contribution in [0.25, 0.3) is 5.57 Å².